The zero-order valence-corrected chi connectivity index (χ0v) is 48.2. The Bertz CT molecular complexity index is 3330. The molecule has 2 nitrogen and oxygen atoms in total. The van der Waals surface area contributed by atoms with Crippen molar-refractivity contribution in [1.29, 1.82) is 0 Å². The average Bonchev–Trinajstić information content (AvgIpc) is 3.45. The molecule has 0 aliphatic heterocycles. The summed E-state index contributed by atoms with van der Waals surface area (Å²) in [7, 11) is 0.141. The quantitative estimate of drug-likeness (QED) is 0.0683. The van der Waals surface area contributed by atoms with E-state index in [-0.39, 0.29) is 20.1 Å². The molecule has 11 heteroatoms. The molecule has 387 valence electrons. The van der Waals surface area contributed by atoms with Crippen LogP contribution in [0.4, 0.5) is 28.6 Å². The molecule has 0 atom stereocenters. The van der Waals surface area contributed by atoms with Gasteiger partial charge < -0.3 is 27.1 Å². The Balaban J connectivity index is 0.000000213. The SMILES string of the molecule is CN(C)c1ccccc1P(c1ccccc1)c1ccccc1N(C)C.F[B-](F)(F)F.[Ir].c1ccc(P(c2ccccc2)c2ccc3ccccc3c2-c2c(P(c3ccccc3)c3ccccc3)ccc3ccccc23)cc1. The maximum atomic E-state index is 9.75. The van der Waals surface area contributed by atoms with Crippen LogP contribution >= 0.6 is 23.8 Å². The van der Waals surface area contributed by atoms with Crippen LogP contribution in [0.5, 0.6) is 0 Å². The zero-order valence-electron chi connectivity index (χ0n) is 43.1. The van der Waals surface area contributed by atoms with Crippen LogP contribution in [0.2, 0.25) is 0 Å². The molecular weight excluding hydrogens is 1190 g/mol. The fourth-order valence-electron chi connectivity index (χ4n) is 9.63. The molecule has 0 saturated carbocycles. The third kappa shape index (κ3) is 13.7. The van der Waals surface area contributed by atoms with Gasteiger partial charge in [0.15, 0.2) is 0 Å². The van der Waals surface area contributed by atoms with Gasteiger partial charge >= 0.3 is 7.25 Å². The maximum Gasteiger partial charge on any atom is 0.673 e. The van der Waals surface area contributed by atoms with Gasteiger partial charge in [-0.1, -0.05) is 261 Å². The Hall–Kier alpha value is -6.74. The molecular formula is C66H57BF4IrN2P3-. The van der Waals surface area contributed by atoms with Crippen LogP contribution in [-0.4, -0.2) is 35.4 Å². The molecule has 0 N–H and O–H groups in total. The molecule has 0 saturated heterocycles. The first kappa shape index (κ1) is 56.5. The first-order valence-corrected chi connectivity index (χ1v) is 29.1. The molecule has 0 aliphatic rings. The number of fused-ring (bicyclic) bond motifs is 2. The molecule has 0 fully saturated rings. The molecule has 0 spiro atoms. The Morgan fingerprint density at radius 1 is 0.273 bits per heavy atom. The predicted octanol–water partition coefficient (Wildman–Crippen LogP) is 14.1. The normalized spacial score (nSPS) is 11.1. The van der Waals surface area contributed by atoms with Crippen molar-refractivity contribution in [1.82, 2.24) is 0 Å². The summed E-state index contributed by atoms with van der Waals surface area (Å²) in [6.07, 6.45) is 0. The molecule has 0 heterocycles. The van der Waals surface area contributed by atoms with Crippen LogP contribution in [0.25, 0.3) is 32.7 Å². The fraction of sp³-hybridized carbons (Fsp3) is 0.0606. The van der Waals surface area contributed by atoms with Gasteiger partial charge in [0.1, 0.15) is 0 Å². The number of para-hydroxylation sites is 2. The molecule has 0 amide bonds. The van der Waals surface area contributed by atoms with E-state index in [9.17, 15) is 17.3 Å². The van der Waals surface area contributed by atoms with Crippen LogP contribution in [-0.2, 0) is 20.1 Å². The third-order valence-electron chi connectivity index (χ3n) is 12.8. The maximum absolute atomic E-state index is 9.75. The van der Waals surface area contributed by atoms with Crippen LogP contribution in [0, 0.1) is 0 Å². The third-order valence-corrected chi connectivity index (χ3v) is 20.3. The van der Waals surface area contributed by atoms with Crippen molar-refractivity contribution in [2.75, 3.05) is 38.0 Å². The van der Waals surface area contributed by atoms with Crippen molar-refractivity contribution < 1.29 is 37.4 Å². The van der Waals surface area contributed by atoms with Crippen molar-refractivity contribution in [3.8, 4) is 11.1 Å². The Morgan fingerprint density at radius 3 is 0.818 bits per heavy atom. The first-order chi connectivity index (χ1) is 37.0. The number of halogens is 4. The average molecular weight is 1250 g/mol. The van der Waals surface area contributed by atoms with E-state index in [0.29, 0.717) is 0 Å². The summed E-state index contributed by atoms with van der Waals surface area (Å²) < 4.78 is 39.0. The number of nitrogens with zero attached hydrogens (tertiary/aromatic N) is 2. The van der Waals surface area contributed by atoms with Gasteiger partial charge in [-0.3, -0.25) is 0 Å². The summed E-state index contributed by atoms with van der Waals surface area (Å²) in [4.78, 5) is 4.43. The second kappa shape index (κ2) is 26.5. The van der Waals surface area contributed by atoms with Gasteiger partial charge in [-0.25, -0.2) is 0 Å². The molecule has 0 unspecified atom stereocenters. The predicted molar refractivity (Wildman–Crippen MR) is 328 cm³/mol. The van der Waals surface area contributed by atoms with Crippen molar-refractivity contribution in [3.05, 3.63) is 273 Å². The van der Waals surface area contributed by atoms with Gasteiger partial charge in [-0.15, -0.1) is 0 Å². The van der Waals surface area contributed by atoms with E-state index in [0.717, 1.165) is 0 Å². The standard InChI is InChI=1S/C44H32P2.C22H25N2P.BF4.Ir/c1-5-19-35(20-6-1)45(36-21-7-2-8-22-36)41-31-29-33-17-13-15-27-39(33)43(41)44-40-28-16-14-18-34(40)30-32-42(44)46(37-23-9-3-10-24-37)38-25-11-4-12-26-38;1-23(2)19-14-8-10-16-21(19)25(18-12-6-5-7-13-18)22-17-11-9-15-20(22)24(3)4;2-1(3,4)5;/h1-32H;5-17H,1-4H3;;/q;;-1;. The van der Waals surface area contributed by atoms with E-state index in [1.54, 1.807) is 0 Å². The Morgan fingerprint density at radius 2 is 0.519 bits per heavy atom. The molecule has 11 aromatic carbocycles. The van der Waals surface area contributed by atoms with Crippen molar-refractivity contribution in [2.24, 2.45) is 0 Å². The fourth-order valence-corrected chi connectivity index (χ4v) is 17.3. The molecule has 1 radical (unpaired) electrons. The number of benzene rings is 11. The Kier molecular flexibility index (Phi) is 19.5. The van der Waals surface area contributed by atoms with Gasteiger partial charge in [-0.2, -0.15) is 0 Å². The summed E-state index contributed by atoms with van der Waals surface area (Å²) in [5.74, 6) is 0. The second-order valence-corrected chi connectivity index (χ2v) is 24.8. The summed E-state index contributed by atoms with van der Waals surface area (Å²) in [6, 6.07) is 100. The summed E-state index contributed by atoms with van der Waals surface area (Å²) in [5, 5.41) is 17.5. The van der Waals surface area contributed by atoms with Crippen molar-refractivity contribution in [2.45, 2.75) is 0 Å². The zero-order chi connectivity index (χ0) is 53.0. The van der Waals surface area contributed by atoms with Gasteiger partial charge in [0.05, 0.1) is 0 Å². The number of hydrogen-bond donors (Lipinski definition) is 0. The molecule has 0 bridgehead atoms. The van der Waals surface area contributed by atoms with Crippen LogP contribution in [0.3, 0.4) is 0 Å². The first-order valence-electron chi connectivity index (χ1n) is 25.1. The van der Waals surface area contributed by atoms with Crippen molar-refractivity contribution >= 4 is 112 Å². The number of rotatable bonds is 12. The van der Waals surface area contributed by atoms with E-state index < -0.39 is 31.0 Å². The van der Waals surface area contributed by atoms with E-state index in [1.165, 1.54) is 91.8 Å². The van der Waals surface area contributed by atoms with E-state index in [1.807, 2.05) is 0 Å². The van der Waals surface area contributed by atoms with E-state index >= 15 is 0 Å². The summed E-state index contributed by atoms with van der Waals surface area (Å²) in [6.45, 7) is 0. The van der Waals surface area contributed by atoms with Gasteiger partial charge in [0.2, 0.25) is 0 Å². The molecule has 11 rings (SSSR count). The molecule has 11 aromatic rings. The van der Waals surface area contributed by atoms with Crippen LogP contribution in [0.1, 0.15) is 0 Å². The molecule has 0 aromatic heterocycles. The summed E-state index contributed by atoms with van der Waals surface area (Å²) >= 11 is 0. The number of hydrogen-bond acceptors (Lipinski definition) is 2. The van der Waals surface area contributed by atoms with Crippen molar-refractivity contribution in [3.63, 3.8) is 0 Å². The molecule has 0 aliphatic carbocycles. The monoisotopic (exact) mass is 1250 g/mol. The topological polar surface area (TPSA) is 6.48 Å². The molecule has 77 heavy (non-hydrogen) atoms. The van der Waals surface area contributed by atoms with Crippen LogP contribution in [0.15, 0.2) is 273 Å². The van der Waals surface area contributed by atoms with E-state index in [2.05, 4.69) is 311 Å². The van der Waals surface area contributed by atoms with Gasteiger partial charge in [0.25, 0.3) is 0 Å². The summed E-state index contributed by atoms with van der Waals surface area (Å²) in [5.41, 5.74) is 5.27. The minimum absolute atomic E-state index is 0. The van der Waals surface area contributed by atoms with E-state index in [4.69, 9.17) is 0 Å². The minimum Gasteiger partial charge on any atom is -0.418 e. The smallest absolute Gasteiger partial charge is 0.418 e. The number of anilines is 2. The van der Waals surface area contributed by atoms with Crippen LogP contribution < -0.4 is 57.5 Å². The Labute approximate surface area is 468 Å². The van der Waals surface area contributed by atoms with Gasteiger partial charge in [0, 0.05) is 70.3 Å². The van der Waals surface area contributed by atoms with Gasteiger partial charge in [-0.05, 0) is 106 Å². The largest absolute Gasteiger partial charge is 0.673 e. The second-order valence-electron chi connectivity index (χ2n) is 18.3. The minimum atomic E-state index is -6.00.